The highest BCUT2D eigenvalue weighted by Gasteiger charge is 2.12. The van der Waals surface area contributed by atoms with Crippen LogP contribution in [0, 0.1) is 0 Å². The Labute approximate surface area is 126 Å². The maximum Gasteiger partial charge on any atom is 0.259 e. The molecule has 0 fully saturated rings. The van der Waals surface area contributed by atoms with Gasteiger partial charge in [-0.05, 0) is 41.1 Å². The molecule has 0 spiro atoms. The fraction of sp³-hybridized carbons (Fsp3) is 0. The molecule has 3 aromatic carbocycles. The van der Waals surface area contributed by atoms with Crippen LogP contribution >= 0.6 is 11.6 Å². The Balaban J connectivity index is 1.90. The van der Waals surface area contributed by atoms with Crippen molar-refractivity contribution in [3.05, 3.63) is 71.2 Å². The lowest BCUT2D eigenvalue weighted by atomic mass is 10.1. The fourth-order valence-electron chi connectivity index (χ4n) is 2.16. The number of halogens is 1. The second-order valence-electron chi connectivity index (χ2n) is 4.68. The first-order valence-corrected chi connectivity index (χ1v) is 6.80. The third-order valence-electron chi connectivity index (χ3n) is 3.21. The summed E-state index contributed by atoms with van der Waals surface area (Å²) in [6.07, 6.45) is 0. The lowest BCUT2D eigenvalue weighted by Crippen LogP contribution is -2.12. The third-order valence-corrected chi connectivity index (χ3v) is 3.45. The summed E-state index contributed by atoms with van der Waals surface area (Å²) >= 11 is 5.85. The normalized spacial score (nSPS) is 10.5. The van der Waals surface area contributed by atoms with E-state index in [-0.39, 0.29) is 11.3 Å². The first-order chi connectivity index (χ1) is 10.1. The number of carbonyl (C=O) groups is 1. The fourth-order valence-corrected chi connectivity index (χ4v) is 2.33. The molecule has 3 nitrogen and oxygen atoms in total. The lowest BCUT2D eigenvalue weighted by Gasteiger charge is -2.08. The van der Waals surface area contributed by atoms with Gasteiger partial charge in [0.15, 0.2) is 0 Å². The van der Waals surface area contributed by atoms with Gasteiger partial charge in [0.1, 0.15) is 5.75 Å². The predicted octanol–water partition coefficient (Wildman–Crippen LogP) is 4.45. The van der Waals surface area contributed by atoms with Gasteiger partial charge in [-0.3, -0.25) is 4.79 Å². The van der Waals surface area contributed by atoms with Crippen LogP contribution in [0.25, 0.3) is 10.8 Å². The number of carbonyl (C=O) groups excluding carboxylic acids is 1. The van der Waals surface area contributed by atoms with E-state index < -0.39 is 5.91 Å². The zero-order valence-electron chi connectivity index (χ0n) is 11.0. The predicted molar refractivity (Wildman–Crippen MR) is 85.0 cm³/mol. The number of hydrogen-bond acceptors (Lipinski definition) is 2. The minimum atomic E-state index is -0.398. The van der Waals surface area contributed by atoms with Crippen molar-refractivity contribution in [2.45, 2.75) is 0 Å². The molecule has 4 heteroatoms. The van der Waals surface area contributed by atoms with Crippen molar-refractivity contribution < 1.29 is 9.90 Å². The molecule has 3 rings (SSSR count). The number of fused-ring (bicyclic) bond motifs is 1. The SMILES string of the molecule is O=C(Nc1ccc2ccccc2c1)c1cc(Cl)ccc1O. The second kappa shape index (κ2) is 5.46. The summed E-state index contributed by atoms with van der Waals surface area (Å²) in [7, 11) is 0. The van der Waals surface area contributed by atoms with Gasteiger partial charge >= 0.3 is 0 Å². The van der Waals surface area contributed by atoms with Gasteiger partial charge in [0, 0.05) is 10.7 Å². The van der Waals surface area contributed by atoms with E-state index in [1.165, 1.54) is 18.2 Å². The summed E-state index contributed by atoms with van der Waals surface area (Å²) in [6.45, 7) is 0. The maximum absolute atomic E-state index is 12.2. The summed E-state index contributed by atoms with van der Waals surface area (Å²) < 4.78 is 0. The second-order valence-corrected chi connectivity index (χ2v) is 5.11. The number of nitrogens with one attached hydrogen (secondary N) is 1. The number of anilines is 1. The van der Waals surface area contributed by atoms with E-state index in [0.717, 1.165) is 10.8 Å². The number of phenolic OH excluding ortho intramolecular Hbond substituents is 1. The van der Waals surface area contributed by atoms with Crippen molar-refractivity contribution in [1.82, 2.24) is 0 Å². The molecular formula is C17H12ClNO2. The van der Waals surface area contributed by atoms with Crippen LogP contribution < -0.4 is 5.32 Å². The van der Waals surface area contributed by atoms with E-state index in [2.05, 4.69) is 5.32 Å². The quantitative estimate of drug-likeness (QED) is 0.734. The minimum absolute atomic E-state index is 0.0994. The van der Waals surface area contributed by atoms with Crippen LogP contribution in [-0.2, 0) is 0 Å². The molecule has 0 saturated carbocycles. The molecule has 0 unspecified atom stereocenters. The highest BCUT2D eigenvalue weighted by atomic mass is 35.5. The number of amides is 1. The number of hydrogen-bond donors (Lipinski definition) is 2. The highest BCUT2D eigenvalue weighted by Crippen LogP contribution is 2.24. The summed E-state index contributed by atoms with van der Waals surface area (Å²) in [5, 5.41) is 15.0. The van der Waals surface area contributed by atoms with Crippen LogP contribution in [-0.4, -0.2) is 11.0 Å². The molecule has 0 aliphatic carbocycles. The molecular weight excluding hydrogens is 286 g/mol. The van der Waals surface area contributed by atoms with E-state index in [0.29, 0.717) is 10.7 Å². The summed E-state index contributed by atoms with van der Waals surface area (Å²) in [5.41, 5.74) is 0.814. The van der Waals surface area contributed by atoms with Gasteiger partial charge in [-0.25, -0.2) is 0 Å². The van der Waals surface area contributed by atoms with E-state index in [4.69, 9.17) is 11.6 Å². The summed E-state index contributed by atoms with van der Waals surface area (Å²) in [6, 6.07) is 17.9. The van der Waals surface area contributed by atoms with Crippen molar-refractivity contribution in [2.24, 2.45) is 0 Å². The molecule has 104 valence electrons. The van der Waals surface area contributed by atoms with Gasteiger partial charge in [-0.15, -0.1) is 0 Å². The largest absolute Gasteiger partial charge is 0.507 e. The number of benzene rings is 3. The molecule has 0 saturated heterocycles. The topological polar surface area (TPSA) is 49.3 Å². The molecule has 0 radical (unpaired) electrons. The van der Waals surface area contributed by atoms with Crippen LogP contribution in [0.5, 0.6) is 5.75 Å². The average Bonchev–Trinajstić information content (AvgIpc) is 2.49. The average molecular weight is 298 g/mol. The van der Waals surface area contributed by atoms with Gasteiger partial charge in [0.05, 0.1) is 5.56 Å². The van der Waals surface area contributed by atoms with Crippen molar-refractivity contribution in [1.29, 1.82) is 0 Å². The first-order valence-electron chi connectivity index (χ1n) is 6.42. The molecule has 2 N–H and O–H groups in total. The van der Waals surface area contributed by atoms with Crippen LogP contribution in [0.1, 0.15) is 10.4 Å². The zero-order valence-corrected chi connectivity index (χ0v) is 11.8. The van der Waals surface area contributed by atoms with Crippen LogP contribution in [0.15, 0.2) is 60.7 Å². The highest BCUT2D eigenvalue weighted by molar-refractivity contribution is 6.31. The lowest BCUT2D eigenvalue weighted by molar-refractivity contribution is 0.102. The number of aromatic hydroxyl groups is 1. The summed E-state index contributed by atoms with van der Waals surface area (Å²) in [4.78, 5) is 12.2. The smallest absolute Gasteiger partial charge is 0.259 e. The molecule has 3 aromatic rings. The Morgan fingerprint density at radius 1 is 0.952 bits per heavy atom. The van der Waals surface area contributed by atoms with E-state index in [1.807, 2.05) is 42.5 Å². The van der Waals surface area contributed by atoms with Crippen molar-refractivity contribution in [2.75, 3.05) is 5.32 Å². The molecule has 0 atom stereocenters. The van der Waals surface area contributed by atoms with Crippen molar-refractivity contribution >= 4 is 34.0 Å². The van der Waals surface area contributed by atoms with Gasteiger partial charge in [-0.1, -0.05) is 41.9 Å². The number of rotatable bonds is 2. The molecule has 0 bridgehead atoms. The van der Waals surface area contributed by atoms with E-state index >= 15 is 0 Å². The molecule has 0 heterocycles. The number of phenols is 1. The molecule has 1 amide bonds. The van der Waals surface area contributed by atoms with Crippen LogP contribution in [0.2, 0.25) is 5.02 Å². The van der Waals surface area contributed by atoms with Gasteiger partial charge in [0.25, 0.3) is 5.91 Å². The maximum atomic E-state index is 12.2. The Bertz CT molecular complexity index is 830. The molecule has 0 aliphatic rings. The van der Waals surface area contributed by atoms with Gasteiger partial charge < -0.3 is 10.4 Å². The van der Waals surface area contributed by atoms with E-state index in [9.17, 15) is 9.90 Å². The monoisotopic (exact) mass is 297 g/mol. The van der Waals surface area contributed by atoms with E-state index in [1.54, 1.807) is 0 Å². The molecule has 21 heavy (non-hydrogen) atoms. The Morgan fingerprint density at radius 2 is 1.71 bits per heavy atom. The third kappa shape index (κ3) is 2.83. The van der Waals surface area contributed by atoms with Crippen LogP contribution in [0.4, 0.5) is 5.69 Å². The van der Waals surface area contributed by atoms with Gasteiger partial charge in [0.2, 0.25) is 0 Å². The first kappa shape index (κ1) is 13.5. The Hall–Kier alpha value is -2.52. The minimum Gasteiger partial charge on any atom is -0.507 e. The van der Waals surface area contributed by atoms with Gasteiger partial charge in [-0.2, -0.15) is 0 Å². The standard InChI is InChI=1S/C17H12ClNO2/c18-13-6-8-16(20)15(10-13)17(21)19-14-7-5-11-3-1-2-4-12(11)9-14/h1-10,20H,(H,19,21). The van der Waals surface area contributed by atoms with Crippen molar-refractivity contribution in [3.63, 3.8) is 0 Å². The van der Waals surface area contributed by atoms with Crippen LogP contribution in [0.3, 0.4) is 0 Å². The Morgan fingerprint density at radius 3 is 2.52 bits per heavy atom. The summed E-state index contributed by atoms with van der Waals surface area (Å²) in [5.74, 6) is -0.497. The molecule has 0 aromatic heterocycles. The zero-order chi connectivity index (χ0) is 14.8. The molecule has 0 aliphatic heterocycles. The van der Waals surface area contributed by atoms with Crippen molar-refractivity contribution in [3.8, 4) is 5.75 Å². The Kier molecular flexibility index (Phi) is 3.50.